The Balaban J connectivity index is 1.94. The minimum Gasteiger partial charge on any atom is -0.465 e. The van der Waals surface area contributed by atoms with Gasteiger partial charge >= 0.3 is 6.09 Å². The van der Waals surface area contributed by atoms with E-state index in [1.54, 1.807) is 7.11 Å². The minimum atomic E-state index is -0.970. The van der Waals surface area contributed by atoms with Crippen molar-refractivity contribution in [1.82, 2.24) is 10.2 Å². The molecule has 20 heavy (non-hydrogen) atoms. The average Bonchev–Trinajstić information content (AvgIpc) is 2.82. The van der Waals surface area contributed by atoms with Crippen LogP contribution in [-0.2, 0) is 11.3 Å². The summed E-state index contributed by atoms with van der Waals surface area (Å²) < 4.78 is 5.30. The number of ether oxygens (including phenoxy) is 1. The van der Waals surface area contributed by atoms with Gasteiger partial charge in [0.2, 0.25) is 0 Å². The van der Waals surface area contributed by atoms with Crippen molar-refractivity contribution in [3.8, 4) is 0 Å². The smallest absolute Gasteiger partial charge is 0.404 e. The van der Waals surface area contributed by atoms with Crippen molar-refractivity contribution in [2.45, 2.75) is 13.0 Å². The molecule has 0 aliphatic carbocycles. The van der Waals surface area contributed by atoms with Crippen molar-refractivity contribution < 1.29 is 14.6 Å². The number of methoxy groups -OCH3 is 1. The van der Waals surface area contributed by atoms with Crippen LogP contribution in [0.15, 0.2) is 30.3 Å². The first kappa shape index (κ1) is 14.8. The topological polar surface area (TPSA) is 61.8 Å². The minimum absolute atomic E-state index is 0.109. The Kier molecular flexibility index (Phi) is 4.98. The number of likely N-dealkylation sites (tertiary alicyclic amines) is 1. The summed E-state index contributed by atoms with van der Waals surface area (Å²) in [5, 5.41) is 11.3. The first-order chi connectivity index (χ1) is 9.63. The van der Waals surface area contributed by atoms with Crippen molar-refractivity contribution in [3.63, 3.8) is 0 Å². The zero-order valence-electron chi connectivity index (χ0n) is 11.8. The van der Waals surface area contributed by atoms with E-state index in [0.29, 0.717) is 13.2 Å². The van der Waals surface area contributed by atoms with Crippen LogP contribution in [0.25, 0.3) is 0 Å². The van der Waals surface area contributed by atoms with Crippen LogP contribution < -0.4 is 5.32 Å². The Labute approximate surface area is 119 Å². The molecule has 1 unspecified atom stereocenters. The number of amides is 1. The van der Waals surface area contributed by atoms with Gasteiger partial charge in [-0.15, -0.1) is 0 Å². The fourth-order valence-corrected chi connectivity index (χ4v) is 2.89. The number of nitrogens with one attached hydrogen (secondary N) is 1. The SMILES string of the molecule is COCC1(CNC(=O)O)CCN(Cc2ccccc2)C1. The van der Waals surface area contributed by atoms with Gasteiger partial charge in [-0.1, -0.05) is 30.3 Å². The summed E-state index contributed by atoms with van der Waals surface area (Å²) in [6.45, 7) is 3.76. The maximum atomic E-state index is 10.7. The van der Waals surface area contributed by atoms with Gasteiger partial charge in [0, 0.05) is 32.2 Å². The summed E-state index contributed by atoms with van der Waals surface area (Å²) in [5.41, 5.74) is 1.17. The quantitative estimate of drug-likeness (QED) is 0.833. The number of hydrogen-bond acceptors (Lipinski definition) is 3. The second kappa shape index (κ2) is 6.72. The standard InChI is InChI=1S/C15H22N2O3/c1-20-12-15(10-16-14(18)19)7-8-17(11-15)9-13-5-3-2-4-6-13/h2-6,16H,7-12H2,1H3,(H,18,19). The predicted octanol–water partition coefficient (Wildman–Crippen LogP) is 1.79. The molecule has 5 nitrogen and oxygen atoms in total. The van der Waals surface area contributed by atoms with E-state index >= 15 is 0 Å². The molecule has 1 saturated heterocycles. The summed E-state index contributed by atoms with van der Waals surface area (Å²) in [5.74, 6) is 0. The summed E-state index contributed by atoms with van der Waals surface area (Å²) in [7, 11) is 1.67. The van der Waals surface area contributed by atoms with Gasteiger partial charge < -0.3 is 15.2 Å². The van der Waals surface area contributed by atoms with Crippen LogP contribution in [-0.4, -0.2) is 49.5 Å². The molecular formula is C15H22N2O3. The largest absolute Gasteiger partial charge is 0.465 e. The highest BCUT2D eigenvalue weighted by molar-refractivity contribution is 5.64. The number of carboxylic acid groups (broad SMARTS) is 1. The molecule has 1 fully saturated rings. The predicted molar refractivity (Wildman–Crippen MR) is 76.7 cm³/mol. The first-order valence-corrected chi connectivity index (χ1v) is 6.86. The molecule has 1 aromatic rings. The zero-order valence-corrected chi connectivity index (χ0v) is 11.8. The van der Waals surface area contributed by atoms with Crippen LogP contribution in [0.3, 0.4) is 0 Å². The molecular weight excluding hydrogens is 256 g/mol. The highest BCUT2D eigenvalue weighted by Crippen LogP contribution is 2.31. The molecule has 0 radical (unpaired) electrons. The Morgan fingerprint density at radius 3 is 2.85 bits per heavy atom. The van der Waals surface area contributed by atoms with Crippen molar-refractivity contribution in [3.05, 3.63) is 35.9 Å². The number of rotatable bonds is 6. The molecule has 0 spiro atoms. The molecule has 1 amide bonds. The third kappa shape index (κ3) is 3.95. The van der Waals surface area contributed by atoms with E-state index in [0.717, 1.165) is 26.1 Å². The zero-order chi connectivity index (χ0) is 14.4. The highest BCUT2D eigenvalue weighted by Gasteiger charge is 2.38. The fourth-order valence-electron chi connectivity index (χ4n) is 2.89. The van der Waals surface area contributed by atoms with E-state index in [2.05, 4.69) is 22.3 Å². The normalized spacial score (nSPS) is 22.9. The number of benzene rings is 1. The molecule has 5 heteroatoms. The Bertz CT molecular complexity index is 438. The second-order valence-electron chi connectivity index (χ2n) is 5.54. The summed E-state index contributed by atoms with van der Waals surface area (Å²) >= 11 is 0. The number of carbonyl (C=O) groups is 1. The molecule has 2 rings (SSSR count). The van der Waals surface area contributed by atoms with Crippen molar-refractivity contribution in [1.29, 1.82) is 0 Å². The number of hydrogen-bond donors (Lipinski definition) is 2. The molecule has 1 aliphatic heterocycles. The van der Waals surface area contributed by atoms with Gasteiger partial charge in [0.1, 0.15) is 0 Å². The van der Waals surface area contributed by atoms with E-state index in [-0.39, 0.29) is 5.41 Å². The van der Waals surface area contributed by atoms with Crippen LogP contribution in [0.5, 0.6) is 0 Å². The van der Waals surface area contributed by atoms with Gasteiger partial charge in [-0.25, -0.2) is 4.79 Å². The maximum absolute atomic E-state index is 10.7. The third-order valence-electron chi connectivity index (χ3n) is 3.83. The molecule has 1 aromatic carbocycles. The van der Waals surface area contributed by atoms with Crippen LogP contribution in [0, 0.1) is 5.41 Å². The van der Waals surface area contributed by atoms with Crippen molar-refractivity contribution in [2.75, 3.05) is 33.4 Å². The summed E-state index contributed by atoms with van der Waals surface area (Å²) in [6, 6.07) is 10.3. The van der Waals surface area contributed by atoms with Gasteiger partial charge in [0.05, 0.1) is 6.61 Å². The Morgan fingerprint density at radius 2 is 2.20 bits per heavy atom. The lowest BCUT2D eigenvalue weighted by Gasteiger charge is -2.28. The van der Waals surface area contributed by atoms with E-state index in [1.807, 2.05) is 18.2 Å². The van der Waals surface area contributed by atoms with Crippen molar-refractivity contribution >= 4 is 6.09 Å². The first-order valence-electron chi connectivity index (χ1n) is 6.86. The van der Waals surface area contributed by atoms with Crippen LogP contribution in [0.4, 0.5) is 4.79 Å². The van der Waals surface area contributed by atoms with E-state index in [9.17, 15) is 4.79 Å². The molecule has 1 aliphatic rings. The van der Waals surface area contributed by atoms with Gasteiger partial charge in [0.15, 0.2) is 0 Å². The molecule has 2 N–H and O–H groups in total. The van der Waals surface area contributed by atoms with Gasteiger partial charge in [-0.3, -0.25) is 4.90 Å². The molecule has 1 atom stereocenters. The molecule has 0 saturated carbocycles. The molecule has 0 bridgehead atoms. The van der Waals surface area contributed by atoms with Gasteiger partial charge in [-0.2, -0.15) is 0 Å². The molecule has 110 valence electrons. The second-order valence-corrected chi connectivity index (χ2v) is 5.54. The van der Waals surface area contributed by atoms with Crippen molar-refractivity contribution in [2.24, 2.45) is 5.41 Å². The van der Waals surface area contributed by atoms with Crippen LogP contribution in [0.1, 0.15) is 12.0 Å². The lowest BCUT2D eigenvalue weighted by molar-refractivity contribution is 0.0813. The number of nitrogens with zero attached hydrogens (tertiary/aromatic N) is 1. The molecule has 1 heterocycles. The molecule has 0 aromatic heterocycles. The summed E-state index contributed by atoms with van der Waals surface area (Å²) in [4.78, 5) is 13.1. The van der Waals surface area contributed by atoms with E-state index in [1.165, 1.54) is 5.56 Å². The van der Waals surface area contributed by atoms with Gasteiger partial charge in [-0.05, 0) is 18.5 Å². The van der Waals surface area contributed by atoms with Crippen LogP contribution >= 0.6 is 0 Å². The monoisotopic (exact) mass is 278 g/mol. The third-order valence-corrected chi connectivity index (χ3v) is 3.83. The summed E-state index contributed by atoms with van der Waals surface area (Å²) in [6.07, 6.45) is -0.0180. The van der Waals surface area contributed by atoms with E-state index < -0.39 is 6.09 Å². The van der Waals surface area contributed by atoms with Crippen LogP contribution in [0.2, 0.25) is 0 Å². The Morgan fingerprint density at radius 1 is 1.45 bits per heavy atom. The highest BCUT2D eigenvalue weighted by atomic mass is 16.5. The van der Waals surface area contributed by atoms with Gasteiger partial charge in [0.25, 0.3) is 0 Å². The fraction of sp³-hybridized carbons (Fsp3) is 0.533. The van der Waals surface area contributed by atoms with E-state index in [4.69, 9.17) is 9.84 Å². The maximum Gasteiger partial charge on any atom is 0.404 e. The lowest BCUT2D eigenvalue weighted by Crippen LogP contribution is -2.42. The average molecular weight is 278 g/mol. The lowest BCUT2D eigenvalue weighted by atomic mass is 9.88. The Hall–Kier alpha value is -1.59.